The number of ether oxygens (including phenoxy) is 1. The van der Waals surface area contributed by atoms with Crippen LogP contribution in [0.25, 0.3) is 6.08 Å². The number of aliphatic imine (C=N–C) groups is 1. The topological polar surface area (TPSA) is 38.7 Å². The average molecular weight is 336 g/mol. The van der Waals surface area contributed by atoms with Crippen LogP contribution in [0.5, 0.6) is 0 Å². The highest BCUT2D eigenvalue weighted by Crippen LogP contribution is 2.28. The first-order valence-electron chi connectivity index (χ1n) is 6.27. The third-order valence-corrected chi connectivity index (χ3v) is 3.80. The van der Waals surface area contributed by atoms with Crippen LogP contribution in [-0.4, -0.2) is 11.9 Å². The summed E-state index contributed by atoms with van der Waals surface area (Å²) in [5.41, 5.74) is 1.00. The second kappa shape index (κ2) is 5.91. The summed E-state index contributed by atoms with van der Waals surface area (Å²) in [5, 5.41) is 0.690. The zero-order valence-corrected chi connectivity index (χ0v) is 12.5. The minimum atomic E-state index is -0.629. The van der Waals surface area contributed by atoms with Gasteiger partial charge in [-0.1, -0.05) is 41.4 Å². The Bertz CT molecular complexity index is 831. The Morgan fingerprint density at radius 2 is 1.91 bits per heavy atom. The number of cyclic esters (lactones) is 1. The summed E-state index contributed by atoms with van der Waals surface area (Å²) in [7, 11) is 0. The highest BCUT2D eigenvalue weighted by Gasteiger charge is 2.24. The Balaban J connectivity index is 2.00. The lowest BCUT2D eigenvalue weighted by Gasteiger charge is -2.00. The van der Waals surface area contributed by atoms with Crippen LogP contribution in [-0.2, 0) is 9.53 Å². The molecule has 0 aliphatic carbocycles. The summed E-state index contributed by atoms with van der Waals surface area (Å²) < 4.78 is 18.3. The SMILES string of the molecule is O=C1OC(c2cccc(F)c2)=N/C1=C\c1cccc(Cl)c1Cl. The van der Waals surface area contributed by atoms with Crippen molar-refractivity contribution in [2.45, 2.75) is 0 Å². The zero-order valence-electron chi connectivity index (χ0n) is 11.0. The molecule has 0 aromatic heterocycles. The van der Waals surface area contributed by atoms with E-state index in [-0.39, 0.29) is 11.6 Å². The van der Waals surface area contributed by atoms with Gasteiger partial charge in [-0.2, -0.15) is 0 Å². The van der Waals surface area contributed by atoms with Gasteiger partial charge in [0.25, 0.3) is 0 Å². The molecule has 1 aliphatic rings. The van der Waals surface area contributed by atoms with Crippen molar-refractivity contribution in [3.05, 3.63) is 75.2 Å². The van der Waals surface area contributed by atoms with E-state index in [1.54, 1.807) is 24.3 Å². The van der Waals surface area contributed by atoms with Gasteiger partial charge in [-0.25, -0.2) is 14.2 Å². The molecule has 2 aromatic rings. The van der Waals surface area contributed by atoms with E-state index in [9.17, 15) is 9.18 Å². The van der Waals surface area contributed by atoms with Crippen LogP contribution in [0.4, 0.5) is 4.39 Å². The molecule has 0 fully saturated rings. The maximum atomic E-state index is 13.2. The van der Waals surface area contributed by atoms with Crippen LogP contribution in [0.15, 0.2) is 53.2 Å². The Kier molecular flexibility index (Phi) is 3.96. The lowest BCUT2D eigenvalue weighted by atomic mass is 10.2. The number of halogens is 3. The molecule has 0 radical (unpaired) electrons. The van der Waals surface area contributed by atoms with Crippen LogP contribution in [0.2, 0.25) is 10.0 Å². The van der Waals surface area contributed by atoms with E-state index in [1.165, 1.54) is 24.3 Å². The number of carbonyl (C=O) groups excluding carboxylic acids is 1. The van der Waals surface area contributed by atoms with Crippen molar-refractivity contribution < 1.29 is 13.9 Å². The predicted octanol–water partition coefficient (Wildman–Crippen LogP) is 4.48. The Morgan fingerprint density at radius 1 is 1.14 bits per heavy atom. The largest absolute Gasteiger partial charge is 0.402 e. The third-order valence-electron chi connectivity index (χ3n) is 2.97. The monoisotopic (exact) mass is 335 g/mol. The van der Waals surface area contributed by atoms with E-state index >= 15 is 0 Å². The average Bonchev–Trinajstić information content (AvgIpc) is 2.85. The van der Waals surface area contributed by atoms with Crippen LogP contribution in [0.3, 0.4) is 0 Å². The molecular weight excluding hydrogens is 328 g/mol. The highest BCUT2D eigenvalue weighted by molar-refractivity contribution is 6.43. The molecule has 0 saturated carbocycles. The van der Waals surface area contributed by atoms with Crippen molar-refractivity contribution in [1.29, 1.82) is 0 Å². The summed E-state index contributed by atoms with van der Waals surface area (Å²) >= 11 is 12.0. The second-order valence-electron chi connectivity index (χ2n) is 4.49. The standard InChI is InChI=1S/C16H8Cl2FNO2/c17-12-6-2-3-9(14(12)18)8-13-16(21)22-15(20-13)10-4-1-5-11(19)7-10/h1-8H/b13-8-. The molecule has 0 N–H and O–H groups in total. The van der Waals surface area contributed by atoms with Crippen LogP contribution in [0, 0.1) is 5.82 Å². The first kappa shape index (κ1) is 14.8. The normalized spacial score (nSPS) is 15.9. The molecule has 6 heteroatoms. The van der Waals surface area contributed by atoms with Crippen LogP contribution >= 0.6 is 23.2 Å². The van der Waals surface area contributed by atoms with Crippen molar-refractivity contribution in [2.75, 3.05) is 0 Å². The lowest BCUT2D eigenvalue weighted by molar-refractivity contribution is -0.129. The number of benzene rings is 2. The molecule has 3 nitrogen and oxygen atoms in total. The smallest absolute Gasteiger partial charge is 0.363 e. The zero-order chi connectivity index (χ0) is 15.7. The first-order chi connectivity index (χ1) is 10.5. The Morgan fingerprint density at radius 3 is 2.68 bits per heavy atom. The number of hydrogen-bond donors (Lipinski definition) is 0. The lowest BCUT2D eigenvalue weighted by Crippen LogP contribution is -2.05. The summed E-state index contributed by atoms with van der Waals surface area (Å²) in [6.07, 6.45) is 1.48. The summed E-state index contributed by atoms with van der Waals surface area (Å²) in [5.74, 6) is -1.02. The number of nitrogens with zero attached hydrogens (tertiary/aromatic N) is 1. The molecule has 0 saturated heterocycles. The van der Waals surface area contributed by atoms with E-state index in [0.29, 0.717) is 21.2 Å². The van der Waals surface area contributed by atoms with Gasteiger partial charge in [0.05, 0.1) is 10.0 Å². The van der Waals surface area contributed by atoms with Gasteiger partial charge in [0.2, 0.25) is 5.90 Å². The van der Waals surface area contributed by atoms with Crippen molar-refractivity contribution in [3.8, 4) is 0 Å². The summed E-state index contributed by atoms with van der Waals surface area (Å²) in [6.45, 7) is 0. The minimum absolute atomic E-state index is 0.0499. The van der Waals surface area contributed by atoms with E-state index in [4.69, 9.17) is 27.9 Å². The van der Waals surface area contributed by atoms with Crippen molar-refractivity contribution in [1.82, 2.24) is 0 Å². The van der Waals surface area contributed by atoms with Gasteiger partial charge in [-0.05, 0) is 35.9 Å². The third kappa shape index (κ3) is 2.89. The molecule has 22 heavy (non-hydrogen) atoms. The molecule has 3 rings (SSSR count). The predicted molar refractivity (Wildman–Crippen MR) is 83.5 cm³/mol. The van der Waals surface area contributed by atoms with Crippen LogP contribution < -0.4 is 0 Å². The summed E-state index contributed by atoms with van der Waals surface area (Å²) in [6, 6.07) is 10.7. The molecule has 1 aliphatic heterocycles. The molecule has 110 valence electrons. The van der Waals surface area contributed by atoms with E-state index < -0.39 is 11.8 Å². The number of carbonyl (C=O) groups is 1. The van der Waals surface area contributed by atoms with Gasteiger partial charge in [0, 0.05) is 5.56 Å². The van der Waals surface area contributed by atoms with E-state index in [0.717, 1.165) is 0 Å². The first-order valence-corrected chi connectivity index (χ1v) is 7.03. The number of hydrogen-bond acceptors (Lipinski definition) is 3. The Hall–Kier alpha value is -2.17. The van der Waals surface area contributed by atoms with E-state index in [2.05, 4.69) is 4.99 Å². The van der Waals surface area contributed by atoms with Gasteiger partial charge >= 0.3 is 5.97 Å². The maximum Gasteiger partial charge on any atom is 0.363 e. The Labute approximate surface area is 135 Å². The van der Waals surface area contributed by atoms with E-state index in [1.807, 2.05) is 0 Å². The van der Waals surface area contributed by atoms with Gasteiger partial charge in [0.1, 0.15) is 5.82 Å². The molecule has 0 amide bonds. The van der Waals surface area contributed by atoms with Crippen molar-refractivity contribution in [2.24, 2.45) is 4.99 Å². The fraction of sp³-hybridized carbons (Fsp3) is 0. The number of rotatable bonds is 2. The summed E-state index contributed by atoms with van der Waals surface area (Å²) in [4.78, 5) is 16.0. The maximum absolute atomic E-state index is 13.2. The number of esters is 1. The van der Waals surface area contributed by atoms with Crippen LogP contribution in [0.1, 0.15) is 11.1 Å². The van der Waals surface area contributed by atoms with Gasteiger partial charge in [-0.15, -0.1) is 0 Å². The molecular formula is C16H8Cl2FNO2. The van der Waals surface area contributed by atoms with Crippen molar-refractivity contribution in [3.63, 3.8) is 0 Å². The molecule has 1 heterocycles. The second-order valence-corrected chi connectivity index (χ2v) is 5.27. The van der Waals surface area contributed by atoms with Gasteiger partial charge in [-0.3, -0.25) is 0 Å². The minimum Gasteiger partial charge on any atom is -0.402 e. The molecule has 0 unspecified atom stereocenters. The quantitative estimate of drug-likeness (QED) is 0.599. The van der Waals surface area contributed by atoms with Gasteiger partial charge < -0.3 is 4.74 Å². The molecule has 0 atom stereocenters. The van der Waals surface area contributed by atoms with Crippen molar-refractivity contribution >= 4 is 41.1 Å². The molecule has 0 spiro atoms. The van der Waals surface area contributed by atoms with Gasteiger partial charge in [0.15, 0.2) is 5.70 Å². The fourth-order valence-electron chi connectivity index (χ4n) is 1.93. The highest BCUT2D eigenvalue weighted by atomic mass is 35.5. The molecule has 0 bridgehead atoms. The fourth-order valence-corrected chi connectivity index (χ4v) is 2.30. The molecule has 2 aromatic carbocycles.